The number of nitro groups is 1. The SMILES string of the molecule is Cc1ccc(-c2ccc(C(=O)Nc3ccc(-c4nc5ncccc5o4)cc3)o2)c([N+](=O)[O-])c1. The summed E-state index contributed by atoms with van der Waals surface area (Å²) in [6, 6.07) is 18.4. The molecule has 0 saturated carbocycles. The quantitative estimate of drug-likeness (QED) is 0.278. The molecule has 0 unspecified atom stereocenters. The van der Waals surface area contributed by atoms with E-state index in [1.54, 1.807) is 61.7 Å². The molecule has 5 aromatic rings. The summed E-state index contributed by atoms with van der Waals surface area (Å²) in [5.41, 5.74) is 3.37. The molecule has 162 valence electrons. The fraction of sp³-hybridized carbons (Fsp3) is 0.0417. The van der Waals surface area contributed by atoms with E-state index in [9.17, 15) is 14.9 Å². The molecule has 0 fully saturated rings. The van der Waals surface area contributed by atoms with Crippen molar-refractivity contribution >= 4 is 28.5 Å². The van der Waals surface area contributed by atoms with E-state index in [0.717, 1.165) is 11.1 Å². The van der Waals surface area contributed by atoms with Gasteiger partial charge in [-0.05, 0) is 67.1 Å². The Morgan fingerprint density at radius 3 is 2.61 bits per heavy atom. The Morgan fingerprint density at radius 2 is 1.85 bits per heavy atom. The first kappa shape index (κ1) is 20.1. The van der Waals surface area contributed by atoms with Gasteiger partial charge in [0.15, 0.2) is 17.0 Å². The Balaban J connectivity index is 1.33. The van der Waals surface area contributed by atoms with Crippen molar-refractivity contribution in [2.75, 3.05) is 5.32 Å². The second-order valence-electron chi connectivity index (χ2n) is 7.32. The van der Waals surface area contributed by atoms with E-state index in [1.807, 2.05) is 0 Å². The van der Waals surface area contributed by atoms with Crippen molar-refractivity contribution in [3.8, 4) is 22.8 Å². The number of carbonyl (C=O) groups is 1. The van der Waals surface area contributed by atoms with Crippen LogP contribution >= 0.6 is 0 Å². The van der Waals surface area contributed by atoms with Crippen LogP contribution in [0.5, 0.6) is 0 Å². The summed E-state index contributed by atoms with van der Waals surface area (Å²) < 4.78 is 11.3. The largest absolute Gasteiger partial charge is 0.451 e. The Labute approximate surface area is 186 Å². The summed E-state index contributed by atoms with van der Waals surface area (Å²) in [7, 11) is 0. The van der Waals surface area contributed by atoms with Gasteiger partial charge in [-0.3, -0.25) is 14.9 Å². The van der Waals surface area contributed by atoms with Crippen molar-refractivity contribution < 1.29 is 18.6 Å². The summed E-state index contributed by atoms with van der Waals surface area (Å²) in [4.78, 5) is 32.0. The molecule has 0 spiro atoms. The molecule has 0 bridgehead atoms. The molecule has 1 N–H and O–H groups in total. The van der Waals surface area contributed by atoms with E-state index in [-0.39, 0.29) is 17.2 Å². The highest BCUT2D eigenvalue weighted by Gasteiger charge is 2.20. The summed E-state index contributed by atoms with van der Waals surface area (Å²) in [5, 5.41) is 14.1. The molecule has 0 saturated heterocycles. The average Bonchev–Trinajstić information content (AvgIpc) is 3.47. The van der Waals surface area contributed by atoms with Crippen molar-refractivity contribution in [2.24, 2.45) is 0 Å². The third kappa shape index (κ3) is 3.94. The van der Waals surface area contributed by atoms with Gasteiger partial charge in [-0.25, -0.2) is 4.98 Å². The van der Waals surface area contributed by atoms with Crippen LogP contribution < -0.4 is 5.32 Å². The van der Waals surface area contributed by atoms with Crippen LogP contribution in [0.1, 0.15) is 16.1 Å². The number of benzene rings is 2. The number of aryl methyl sites for hydroxylation is 1. The van der Waals surface area contributed by atoms with Crippen LogP contribution in [0.15, 0.2) is 81.8 Å². The summed E-state index contributed by atoms with van der Waals surface area (Å²) in [6.07, 6.45) is 1.64. The van der Waals surface area contributed by atoms with Gasteiger partial charge in [-0.15, -0.1) is 0 Å². The van der Waals surface area contributed by atoms with Crippen molar-refractivity contribution in [3.05, 3.63) is 94.4 Å². The van der Waals surface area contributed by atoms with Gasteiger partial charge < -0.3 is 14.2 Å². The molecule has 33 heavy (non-hydrogen) atoms. The van der Waals surface area contributed by atoms with E-state index in [4.69, 9.17) is 8.83 Å². The number of oxazole rings is 1. The number of hydrogen-bond acceptors (Lipinski definition) is 7. The summed E-state index contributed by atoms with van der Waals surface area (Å²) in [5.74, 6) is 0.229. The molecule has 0 aliphatic rings. The number of anilines is 1. The van der Waals surface area contributed by atoms with Crippen molar-refractivity contribution in [1.82, 2.24) is 9.97 Å². The lowest BCUT2D eigenvalue weighted by Gasteiger charge is -2.04. The number of furan rings is 1. The minimum Gasteiger partial charge on any atom is -0.451 e. The number of carbonyl (C=O) groups excluding carboxylic acids is 1. The topological polar surface area (TPSA) is 124 Å². The number of pyridine rings is 1. The zero-order valence-electron chi connectivity index (χ0n) is 17.3. The third-order valence-corrected chi connectivity index (χ3v) is 5.00. The zero-order chi connectivity index (χ0) is 22.9. The number of aromatic nitrogens is 2. The van der Waals surface area contributed by atoms with Crippen molar-refractivity contribution in [2.45, 2.75) is 6.92 Å². The van der Waals surface area contributed by atoms with Gasteiger partial charge in [0.2, 0.25) is 5.89 Å². The Morgan fingerprint density at radius 1 is 1.03 bits per heavy atom. The summed E-state index contributed by atoms with van der Waals surface area (Å²) in [6.45, 7) is 1.77. The number of nitro benzene ring substituents is 1. The van der Waals surface area contributed by atoms with Gasteiger partial charge >= 0.3 is 0 Å². The molecule has 0 aliphatic heterocycles. The monoisotopic (exact) mass is 440 g/mol. The molecular weight excluding hydrogens is 424 g/mol. The molecule has 1 amide bonds. The molecule has 3 heterocycles. The van der Waals surface area contributed by atoms with E-state index in [1.165, 1.54) is 18.2 Å². The first-order chi connectivity index (χ1) is 16.0. The fourth-order valence-corrected chi connectivity index (χ4v) is 3.39. The maximum Gasteiger partial charge on any atom is 0.291 e. The molecule has 0 atom stereocenters. The summed E-state index contributed by atoms with van der Waals surface area (Å²) >= 11 is 0. The number of nitrogens with one attached hydrogen (secondary N) is 1. The maximum atomic E-state index is 12.6. The smallest absolute Gasteiger partial charge is 0.291 e. The molecule has 3 aromatic heterocycles. The van der Waals surface area contributed by atoms with Gasteiger partial charge in [0.1, 0.15) is 5.76 Å². The van der Waals surface area contributed by atoms with Crippen LogP contribution in [0.2, 0.25) is 0 Å². The van der Waals surface area contributed by atoms with Crippen LogP contribution in [0.25, 0.3) is 34.0 Å². The number of amides is 1. The minimum atomic E-state index is -0.477. The minimum absolute atomic E-state index is 0.0361. The average molecular weight is 440 g/mol. The van der Waals surface area contributed by atoms with Crippen molar-refractivity contribution in [1.29, 1.82) is 0 Å². The van der Waals surface area contributed by atoms with Gasteiger partial charge in [0.05, 0.1) is 10.5 Å². The molecule has 5 rings (SSSR count). The molecule has 9 nitrogen and oxygen atoms in total. The normalized spacial score (nSPS) is 10.9. The molecule has 0 radical (unpaired) electrons. The second kappa shape index (κ2) is 8.04. The van der Waals surface area contributed by atoms with Gasteiger partial charge in [0, 0.05) is 23.5 Å². The first-order valence-electron chi connectivity index (χ1n) is 9.96. The predicted molar refractivity (Wildman–Crippen MR) is 121 cm³/mol. The van der Waals surface area contributed by atoms with Crippen LogP contribution in [0.3, 0.4) is 0 Å². The van der Waals surface area contributed by atoms with Crippen molar-refractivity contribution in [3.63, 3.8) is 0 Å². The van der Waals surface area contributed by atoms with Crippen LogP contribution in [-0.4, -0.2) is 20.8 Å². The fourth-order valence-electron chi connectivity index (χ4n) is 3.39. The molecular formula is C24H16N4O5. The Kier molecular flexibility index (Phi) is 4.91. The number of rotatable bonds is 5. The standard InChI is InChI=1S/C24H16N4O5/c1-14-4-9-17(18(13-14)28(30)31)19-10-11-21(32-19)23(29)26-16-7-5-15(6-8-16)24-27-22-20(33-24)3-2-12-25-22/h2-13H,1H3,(H,26,29). The lowest BCUT2D eigenvalue weighted by molar-refractivity contribution is -0.384. The number of nitrogens with zero attached hydrogens (tertiary/aromatic N) is 3. The van der Waals surface area contributed by atoms with E-state index < -0.39 is 10.8 Å². The van der Waals surface area contributed by atoms with E-state index in [0.29, 0.717) is 28.4 Å². The Bertz CT molecular complexity index is 1470. The first-order valence-corrected chi connectivity index (χ1v) is 9.96. The molecule has 9 heteroatoms. The van der Waals surface area contributed by atoms with Crippen LogP contribution in [0, 0.1) is 17.0 Å². The van der Waals surface area contributed by atoms with Gasteiger partial charge in [-0.1, -0.05) is 6.07 Å². The van der Waals surface area contributed by atoms with Gasteiger partial charge in [0.25, 0.3) is 11.6 Å². The highest BCUT2D eigenvalue weighted by molar-refractivity contribution is 6.02. The highest BCUT2D eigenvalue weighted by Crippen LogP contribution is 2.32. The molecule has 2 aromatic carbocycles. The zero-order valence-corrected chi connectivity index (χ0v) is 17.3. The highest BCUT2D eigenvalue weighted by atomic mass is 16.6. The maximum absolute atomic E-state index is 12.6. The van der Waals surface area contributed by atoms with E-state index >= 15 is 0 Å². The second-order valence-corrected chi connectivity index (χ2v) is 7.32. The number of hydrogen-bond donors (Lipinski definition) is 1. The van der Waals surface area contributed by atoms with Gasteiger partial charge in [-0.2, -0.15) is 4.98 Å². The lowest BCUT2D eigenvalue weighted by Crippen LogP contribution is -2.10. The van der Waals surface area contributed by atoms with Crippen LogP contribution in [0.4, 0.5) is 11.4 Å². The predicted octanol–water partition coefficient (Wildman–Crippen LogP) is 5.62. The lowest BCUT2D eigenvalue weighted by atomic mass is 10.1. The Hall–Kier alpha value is -4.79. The van der Waals surface area contributed by atoms with Crippen LogP contribution in [-0.2, 0) is 0 Å². The number of fused-ring (bicyclic) bond motifs is 1. The molecule has 0 aliphatic carbocycles. The van der Waals surface area contributed by atoms with E-state index in [2.05, 4.69) is 15.3 Å². The third-order valence-electron chi connectivity index (χ3n) is 5.00.